The summed E-state index contributed by atoms with van der Waals surface area (Å²) in [5.41, 5.74) is -0.216. The summed E-state index contributed by atoms with van der Waals surface area (Å²) in [6, 6.07) is 6.11. The Morgan fingerprint density at radius 2 is 2.18 bits per heavy atom. The van der Waals surface area contributed by atoms with Crippen LogP contribution in [0.4, 0.5) is 5.69 Å². The number of hydrogen-bond acceptors (Lipinski definition) is 3. The SMILES string of the molecule is CCC(C)(Cc1cccc([N+](=O)[O-])c1)C(=O)O. The highest BCUT2D eigenvalue weighted by molar-refractivity contribution is 5.74. The van der Waals surface area contributed by atoms with Crippen LogP contribution in [-0.2, 0) is 11.2 Å². The van der Waals surface area contributed by atoms with Crippen molar-refractivity contribution >= 4 is 11.7 Å². The number of nitro groups is 1. The molecule has 0 saturated carbocycles. The molecule has 0 aromatic heterocycles. The molecular formula is C12H15NO4. The molecule has 5 nitrogen and oxygen atoms in total. The van der Waals surface area contributed by atoms with Gasteiger partial charge in [0.25, 0.3) is 5.69 Å². The zero-order chi connectivity index (χ0) is 13.1. The Morgan fingerprint density at radius 1 is 1.53 bits per heavy atom. The van der Waals surface area contributed by atoms with Gasteiger partial charge in [0.1, 0.15) is 0 Å². The van der Waals surface area contributed by atoms with Gasteiger partial charge in [0.05, 0.1) is 10.3 Å². The molecule has 1 aromatic rings. The summed E-state index contributed by atoms with van der Waals surface area (Å²) in [5, 5.41) is 19.7. The van der Waals surface area contributed by atoms with Gasteiger partial charge in [0.15, 0.2) is 0 Å². The average molecular weight is 237 g/mol. The first kappa shape index (κ1) is 13.2. The van der Waals surface area contributed by atoms with Crippen LogP contribution >= 0.6 is 0 Å². The monoisotopic (exact) mass is 237 g/mol. The molecule has 1 atom stereocenters. The van der Waals surface area contributed by atoms with Crippen molar-refractivity contribution in [2.45, 2.75) is 26.7 Å². The van der Waals surface area contributed by atoms with Crippen molar-refractivity contribution in [1.82, 2.24) is 0 Å². The molecular weight excluding hydrogens is 222 g/mol. The third kappa shape index (κ3) is 3.03. The van der Waals surface area contributed by atoms with E-state index in [1.165, 1.54) is 12.1 Å². The molecule has 92 valence electrons. The van der Waals surface area contributed by atoms with E-state index in [9.17, 15) is 14.9 Å². The predicted molar refractivity (Wildman–Crippen MR) is 62.8 cm³/mol. The Bertz CT molecular complexity index is 444. The Labute approximate surface area is 99.2 Å². The second-order valence-electron chi connectivity index (χ2n) is 4.32. The lowest BCUT2D eigenvalue weighted by atomic mass is 9.81. The van der Waals surface area contributed by atoms with Crippen LogP contribution in [0.15, 0.2) is 24.3 Å². The second kappa shape index (κ2) is 4.95. The van der Waals surface area contributed by atoms with Crippen LogP contribution in [0.25, 0.3) is 0 Å². The van der Waals surface area contributed by atoms with Crippen LogP contribution in [0.2, 0.25) is 0 Å². The highest BCUT2D eigenvalue weighted by Crippen LogP contribution is 2.28. The number of benzene rings is 1. The molecule has 5 heteroatoms. The molecule has 0 amide bonds. The molecule has 1 unspecified atom stereocenters. The zero-order valence-corrected chi connectivity index (χ0v) is 9.84. The minimum Gasteiger partial charge on any atom is -0.481 e. The van der Waals surface area contributed by atoms with Crippen molar-refractivity contribution in [3.8, 4) is 0 Å². The number of nitro benzene ring substituents is 1. The summed E-state index contributed by atoms with van der Waals surface area (Å²) in [5.74, 6) is -0.883. The highest BCUT2D eigenvalue weighted by atomic mass is 16.6. The first-order valence-corrected chi connectivity index (χ1v) is 5.36. The van der Waals surface area contributed by atoms with Gasteiger partial charge in [-0.3, -0.25) is 14.9 Å². The molecule has 0 aliphatic carbocycles. The van der Waals surface area contributed by atoms with Gasteiger partial charge in [-0.05, 0) is 25.3 Å². The van der Waals surface area contributed by atoms with E-state index in [2.05, 4.69) is 0 Å². The van der Waals surface area contributed by atoms with Crippen LogP contribution in [0.1, 0.15) is 25.8 Å². The Hall–Kier alpha value is -1.91. The highest BCUT2D eigenvalue weighted by Gasteiger charge is 2.31. The van der Waals surface area contributed by atoms with Gasteiger partial charge < -0.3 is 5.11 Å². The van der Waals surface area contributed by atoms with Crippen molar-refractivity contribution < 1.29 is 14.8 Å². The molecule has 0 fully saturated rings. The van der Waals surface area contributed by atoms with Crippen LogP contribution in [0.3, 0.4) is 0 Å². The lowest BCUT2D eigenvalue weighted by Gasteiger charge is -2.22. The van der Waals surface area contributed by atoms with Crippen LogP contribution in [0.5, 0.6) is 0 Å². The predicted octanol–water partition coefficient (Wildman–Crippen LogP) is 2.64. The van der Waals surface area contributed by atoms with E-state index >= 15 is 0 Å². The topological polar surface area (TPSA) is 80.4 Å². The number of non-ortho nitro benzene ring substituents is 1. The molecule has 1 rings (SSSR count). The molecule has 1 aromatic carbocycles. The molecule has 0 spiro atoms. The Balaban J connectivity index is 2.98. The maximum atomic E-state index is 11.1. The average Bonchev–Trinajstić information content (AvgIpc) is 2.29. The summed E-state index contributed by atoms with van der Waals surface area (Å²) in [7, 11) is 0. The number of aliphatic carboxylic acids is 1. The number of hydrogen-bond donors (Lipinski definition) is 1. The summed E-state index contributed by atoms with van der Waals surface area (Å²) in [6.07, 6.45) is 0.769. The van der Waals surface area contributed by atoms with Crippen molar-refractivity contribution in [3.05, 3.63) is 39.9 Å². The van der Waals surface area contributed by atoms with Crippen LogP contribution in [0, 0.1) is 15.5 Å². The van der Waals surface area contributed by atoms with Crippen molar-refractivity contribution in [2.75, 3.05) is 0 Å². The quantitative estimate of drug-likeness (QED) is 0.630. The molecule has 0 aliphatic rings. The van der Waals surface area contributed by atoms with E-state index in [0.717, 1.165) is 0 Å². The minimum absolute atomic E-state index is 0.00802. The van der Waals surface area contributed by atoms with Gasteiger partial charge in [-0.2, -0.15) is 0 Å². The first-order valence-electron chi connectivity index (χ1n) is 5.36. The van der Waals surface area contributed by atoms with Gasteiger partial charge in [-0.25, -0.2) is 0 Å². The maximum Gasteiger partial charge on any atom is 0.309 e. The van der Waals surface area contributed by atoms with Gasteiger partial charge in [-0.15, -0.1) is 0 Å². The molecule has 0 saturated heterocycles. The van der Waals surface area contributed by atoms with Gasteiger partial charge in [-0.1, -0.05) is 19.1 Å². The summed E-state index contributed by atoms with van der Waals surface area (Å²) in [4.78, 5) is 21.3. The third-order valence-corrected chi connectivity index (χ3v) is 3.01. The van der Waals surface area contributed by atoms with E-state index in [-0.39, 0.29) is 5.69 Å². The maximum absolute atomic E-state index is 11.1. The standard InChI is InChI=1S/C12H15NO4/c1-3-12(2,11(14)15)8-9-5-4-6-10(7-9)13(16)17/h4-7H,3,8H2,1-2H3,(H,14,15). The fraction of sp³-hybridized carbons (Fsp3) is 0.417. The molecule has 17 heavy (non-hydrogen) atoms. The van der Waals surface area contributed by atoms with E-state index in [1.807, 2.05) is 0 Å². The molecule has 0 heterocycles. The number of carboxylic acid groups (broad SMARTS) is 1. The lowest BCUT2D eigenvalue weighted by molar-refractivity contribution is -0.384. The molecule has 0 bridgehead atoms. The normalized spacial score (nSPS) is 14.0. The smallest absolute Gasteiger partial charge is 0.309 e. The van der Waals surface area contributed by atoms with Crippen LogP contribution in [-0.4, -0.2) is 16.0 Å². The van der Waals surface area contributed by atoms with Crippen molar-refractivity contribution in [3.63, 3.8) is 0 Å². The second-order valence-corrected chi connectivity index (χ2v) is 4.32. The Kier molecular flexibility index (Phi) is 3.83. The fourth-order valence-corrected chi connectivity index (χ4v) is 1.58. The fourth-order valence-electron chi connectivity index (χ4n) is 1.58. The van der Waals surface area contributed by atoms with Gasteiger partial charge in [0.2, 0.25) is 0 Å². The molecule has 1 N–H and O–H groups in total. The van der Waals surface area contributed by atoms with E-state index in [4.69, 9.17) is 5.11 Å². The summed E-state index contributed by atoms with van der Waals surface area (Å²) in [6.45, 7) is 3.44. The molecule has 0 radical (unpaired) electrons. The number of carbonyl (C=O) groups is 1. The molecule has 0 aliphatic heterocycles. The number of nitrogens with zero attached hydrogens (tertiary/aromatic N) is 1. The first-order chi connectivity index (χ1) is 7.89. The van der Waals surface area contributed by atoms with E-state index in [0.29, 0.717) is 18.4 Å². The van der Waals surface area contributed by atoms with Crippen molar-refractivity contribution in [1.29, 1.82) is 0 Å². The summed E-state index contributed by atoms with van der Waals surface area (Å²) < 4.78 is 0. The van der Waals surface area contributed by atoms with Gasteiger partial charge in [0, 0.05) is 12.1 Å². The van der Waals surface area contributed by atoms with Gasteiger partial charge >= 0.3 is 5.97 Å². The van der Waals surface area contributed by atoms with Crippen LogP contribution < -0.4 is 0 Å². The lowest BCUT2D eigenvalue weighted by Crippen LogP contribution is -2.29. The van der Waals surface area contributed by atoms with E-state index < -0.39 is 16.3 Å². The van der Waals surface area contributed by atoms with E-state index in [1.54, 1.807) is 26.0 Å². The number of carboxylic acids is 1. The largest absolute Gasteiger partial charge is 0.481 e. The minimum atomic E-state index is -0.883. The third-order valence-electron chi connectivity index (χ3n) is 3.01. The zero-order valence-electron chi connectivity index (χ0n) is 9.84. The summed E-state index contributed by atoms with van der Waals surface area (Å²) >= 11 is 0. The van der Waals surface area contributed by atoms with Crippen molar-refractivity contribution in [2.24, 2.45) is 5.41 Å². The number of rotatable bonds is 5. The Morgan fingerprint density at radius 3 is 2.65 bits per heavy atom.